The molecule has 0 aromatic rings. The summed E-state index contributed by atoms with van der Waals surface area (Å²) < 4.78 is 0. The molecule has 0 amide bonds. The van der Waals surface area contributed by atoms with Gasteiger partial charge in [0.25, 0.3) is 0 Å². The zero-order valence-electron chi connectivity index (χ0n) is 8.56. The van der Waals surface area contributed by atoms with E-state index in [-0.39, 0.29) is 5.41 Å². The van der Waals surface area contributed by atoms with Crippen LogP contribution in [0.5, 0.6) is 0 Å². The zero-order chi connectivity index (χ0) is 9.61. The highest BCUT2D eigenvalue weighted by Gasteiger charge is 2.20. The van der Waals surface area contributed by atoms with Crippen LogP contribution in [0.25, 0.3) is 0 Å². The van der Waals surface area contributed by atoms with Gasteiger partial charge in [-0.05, 0) is 23.8 Å². The van der Waals surface area contributed by atoms with E-state index in [0.29, 0.717) is 0 Å². The van der Waals surface area contributed by atoms with Crippen LogP contribution < -0.4 is 0 Å². The SMILES string of the molecule is C=CC=CC(=C)C(C)(CC)CC. The molecular formula is C12H20. The lowest BCUT2D eigenvalue weighted by Gasteiger charge is -2.27. The monoisotopic (exact) mass is 164 g/mol. The first-order valence-corrected chi connectivity index (χ1v) is 4.59. The summed E-state index contributed by atoms with van der Waals surface area (Å²) in [6, 6.07) is 0. The van der Waals surface area contributed by atoms with Gasteiger partial charge >= 0.3 is 0 Å². The molecule has 0 spiro atoms. The molecule has 0 saturated heterocycles. The maximum Gasteiger partial charge on any atom is -0.00863 e. The summed E-state index contributed by atoms with van der Waals surface area (Å²) in [5.41, 5.74) is 1.46. The Morgan fingerprint density at radius 2 is 1.83 bits per heavy atom. The first-order chi connectivity index (χ1) is 5.60. The van der Waals surface area contributed by atoms with Gasteiger partial charge in [-0.1, -0.05) is 52.2 Å². The average Bonchev–Trinajstić information content (AvgIpc) is 2.12. The van der Waals surface area contributed by atoms with E-state index in [1.54, 1.807) is 6.08 Å². The minimum Gasteiger partial charge on any atom is -0.0991 e. The minimum atomic E-state index is 0.263. The summed E-state index contributed by atoms with van der Waals surface area (Å²) in [6.07, 6.45) is 8.08. The van der Waals surface area contributed by atoms with Crippen molar-refractivity contribution in [2.45, 2.75) is 33.6 Å². The number of hydrogen-bond acceptors (Lipinski definition) is 0. The molecule has 0 nitrogen and oxygen atoms in total. The summed E-state index contributed by atoms with van der Waals surface area (Å²) in [7, 11) is 0. The van der Waals surface area contributed by atoms with Crippen LogP contribution in [0.4, 0.5) is 0 Å². The number of hydrogen-bond donors (Lipinski definition) is 0. The van der Waals surface area contributed by atoms with Gasteiger partial charge in [-0.25, -0.2) is 0 Å². The van der Waals surface area contributed by atoms with E-state index in [0.717, 1.165) is 12.8 Å². The van der Waals surface area contributed by atoms with Crippen molar-refractivity contribution in [2.24, 2.45) is 5.41 Å². The van der Waals surface area contributed by atoms with Crippen molar-refractivity contribution in [1.82, 2.24) is 0 Å². The molecule has 0 bridgehead atoms. The third-order valence-electron chi connectivity index (χ3n) is 2.77. The highest BCUT2D eigenvalue weighted by atomic mass is 14.3. The van der Waals surface area contributed by atoms with Crippen LogP contribution in [0.2, 0.25) is 0 Å². The van der Waals surface area contributed by atoms with Crippen molar-refractivity contribution >= 4 is 0 Å². The average molecular weight is 164 g/mol. The normalized spacial score (nSPS) is 11.9. The molecule has 0 unspecified atom stereocenters. The Bertz CT molecular complexity index is 180. The number of rotatable bonds is 5. The molecule has 0 atom stereocenters. The first kappa shape index (κ1) is 11.2. The zero-order valence-corrected chi connectivity index (χ0v) is 8.56. The third kappa shape index (κ3) is 2.69. The molecule has 0 saturated carbocycles. The quantitative estimate of drug-likeness (QED) is 0.536. The van der Waals surface area contributed by atoms with Crippen LogP contribution in [0, 0.1) is 5.41 Å². The summed E-state index contributed by atoms with van der Waals surface area (Å²) in [5, 5.41) is 0. The Balaban J connectivity index is 4.41. The van der Waals surface area contributed by atoms with Gasteiger partial charge in [0.2, 0.25) is 0 Å². The van der Waals surface area contributed by atoms with Gasteiger partial charge in [-0.3, -0.25) is 0 Å². The molecule has 0 rings (SSSR count). The molecule has 0 N–H and O–H groups in total. The second-order valence-corrected chi connectivity index (χ2v) is 3.39. The highest BCUT2D eigenvalue weighted by molar-refractivity contribution is 5.24. The van der Waals surface area contributed by atoms with Crippen molar-refractivity contribution in [1.29, 1.82) is 0 Å². The largest absolute Gasteiger partial charge is 0.0991 e. The van der Waals surface area contributed by atoms with Crippen molar-refractivity contribution in [2.75, 3.05) is 0 Å². The highest BCUT2D eigenvalue weighted by Crippen LogP contribution is 2.33. The Kier molecular flexibility index (Phi) is 4.65. The lowest BCUT2D eigenvalue weighted by atomic mass is 9.78. The van der Waals surface area contributed by atoms with Crippen LogP contribution in [0.15, 0.2) is 37.0 Å². The van der Waals surface area contributed by atoms with Gasteiger partial charge in [0.1, 0.15) is 0 Å². The molecule has 0 fully saturated rings. The lowest BCUT2D eigenvalue weighted by Crippen LogP contribution is -2.14. The molecular weight excluding hydrogens is 144 g/mol. The predicted octanol–water partition coefficient (Wildman–Crippen LogP) is 4.11. The summed E-state index contributed by atoms with van der Waals surface area (Å²) >= 11 is 0. The van der Waals surface area contributed by atoms with E-state index in [4.69, 9.17) is 0 Å². The Labute approximate surface area is 76.7 Å². The molecule has 0 aromatic heterocycles. The van der Waals surface area contributed by atoms with Gasteiger partial charge in [0.05, 0.1) is 0 Å². The summed E-state index contributed by atoms with van der Waals surface area (Å²) in [4.78, 5) is 0. The molecule has 0 heteroatoms. The van der Waals surface area contributed by atoms with Crippen LogP contribution in [0.1, 0.15) is 33.6 Å². The second kappa shape index (κ2) is 4.97. The molecule has 0 aromatic carbocycles. The topological polar surface area (TPSA) is 0 Å². The van der Waals surface area contributed by atoms with E-state index in [1.807, 2.05) is 6.08 Å². The second-order valence-electron chi connectivity index (χ2n) is 3.39. The van der Waals surface area contributed by atoms with E-state index >= 15 is 0 Å². The number of allylic oxidation sites excluding steroid dienone is 4. The van der Waals surface area contributed by atoms with Gasteiger partial charge in [-0.15, -0.1) is 0 Å². The van der Waals surface area contributed by atoms with Gasteiger partial charge in [0, 0.05) is 0 Å². The molecule has 0 aliphatic carbocycles. The fourth-order valence-corrected chi connectivity index (χ4v) is 1.09. The van der Waals surface area contributed by atoms with Crippen LogP contribution in [-0.4, -0.2) is 0 Å². The fraction of sp³-hybridized carbons (Fsp3) is 0.500. The van der Waals surface area contributed by atoms with Crippen molar-refractivity contribution in [3.8, 4) is 0 Å². The molecule has 0 aliphatic rings. The van der Waals surface area contributed by atoms with Gasteiger partial charge in [-0.2, -0.15) is 0 Å². The third-order valence-corrected chi connectivity index (χ3v) is 2.77. The smallest absolute Gasteiger partial charge is 0.00863 e. The van der Waals surface area contributed by atoms with Gasteiger partial charge < -0.3 is 0 Å². The van der Waals surface area contributed by atoms with Gasteiger partial charge in [0.15, 0.2) is 0 Å². The summed E-state index contributed by atoms with van der Waals surface area (Å²) in [6.45, 7) is 14.4. The Morgan fingerprint density at radius 3 is 2.17 bits per heavy atom. The fourth-order valence-electron chi connectivity index (χ4n) is 1.09. The molecule has 0 aliphatic heterocycles. The van der Waals surface area contributed by atoms with E-state index in [9.17, 15) is 0 Å². The van der Waals surface area contributed by atoms with Crippen LogP contribution >= 0.6 is 0 Å². The van der Waals surface area contributed by atoms with E-state index in [2.05, 4.69) is 40.0 Å². The Morgan fingerprint density at radius 1 is 1.33 bits per heavy atom. The van der Waals surface area contributed by atoms with Crippen molar-refractivity contribution in [3.63, 3.8) is 0 Å². The van der Waals surface area contributed by atoms with Crippen molar-refractivity contribution < 1.29 is 0 Å². The standard InChI is InChI=1S/C12H20/c1-6-9-10-11(4)12(5,7-2)8-3/h6,9-10H,1,4,7-8H2,2-3,5H3. The minimum absolute atomic E-state index is 0.263. The van der Waals surface area contributed by atoms with E-state index < -0.39 is 0 Å². The predicted molar refractivity (Wildman–Crippen MR) is 57.2 cm³/mol. The Hall–Kier alpha value is -0.780. The van der Waals surface area contributed by atoms with Crippen LogP contribution in [0.3, 0.4) is 0 Å². The molecule has 0 radical (unpaired) electrons. The van der Waals surface area contributed by atoms with Crippen LogP contribution in [-0.2, 0) is 0 Å². The molecule has 12 heavy (non-hydrogen) atoms. The van der Waals surface area contributed by atoms with Crippen molar-refractivity contribution in [3.05, 3.63) is 37.0 Å². The maximum absolute atomic E-state index is 4.07. The summed E-state index contributed by atoms with van der Waals surface area (Å²) in [5.74, 6) is 0. The van der Waals surface area contributed by atoms with E-state index in [1.165, 1.54) is 5.57 Å². The lowest BCUT2D eigenvalue weighted by molar-refractivity contribution is 0.378. The maximum atomic E-state index is 4.07. The first-order valence-electron chi connectivity index (χ1n) is 4.59. The molecule has 0 heterocycles. The molecule has 68 valence electrons.